The second kappa shape index (κ2) is 4.41. The van der Waals surface area contributed by atoms with Crippen molar-refractivity contribution in [3.05, 3.63) is 54.1 Å². The molecule has 4 heteroatoms. The minimum absolute atomic E-state index is 0.408. The van der Waals surface area contributed by atoms with Gasteiger partial charge in [0.2, 0.25) is 0 Å². The Morgan fingerprint density at radius 3 is 2.87 bits per heavy atom. The third-order valence-electron chi connectivity index (χ3n) is 1.97. The number of hydrogen-bond acceptors (Lipinski definition) is 3. The Morgan fingerprint density at radius 1 is 1.33 bits per heavy atom. The Bertz CT molecular complexity index is 437. The van der Waals surface area contributed by atoms with Crippen molar-refractivity contribution < 1.29 is 9.63 Å². The van der Waals surface area contributed by atoms with E-state index in [9.17, 15) is 4.79 Å². The predicted molar refractivity (Wildman–Crippen MR) is 54.3 cm³/mol. The fourth-order valence-corrected chi connectivity index (χ4v) is 1.20. The minimum Gasteiger partial charge on any atom is -0.407 e. The van der Waals surface area contributed by atoms with Crippen molar-refractivity contribution in [1.29, 1.82) is 0 Å². The van der Waals surface area contributed by atoms with Gasteiger partial charge in [0.05, 0.1) is 6.20 Å². The molecule has 0 radical (unpaired) electrons. The molecule has 0 spiro atoms. The van der Waals surface area contributed by atoms with Crippen LogP contribution in [-0.4, -0.2) is 16.0 Å². The highest BCUT2D eigenvalue weighted by Crippen LogP contribution is 2.00. The van der Waals surface area contributed by atoms with E-state index in [0.29, 0.717) is 18.6 Å². The first-order valence-electron chi connectivity index (χ1n) is 4.55. The topological polar surface area (TPSA) is 44.1 Å². The predicted octanol–water partition coefficient (Wildman–Crippen LogP) is 1.32. The molecule has 2 aromatic rings. The number of imidazole rings is 1. The molecular weight excluding hydrogens is 192 g/mol. The zero-order chi connectivity index (χ0) is 10.5. The summed E-state index contributed by atoms with van der Waals surface area (Å²) >= 11 is 0. The van der Waals surface area contributed by atoms with Crippen molar-refractivity contribution in [3.63, 3.8) is 0 Å². The number of aldehydes is 1. The Kier molecular flexibility index (Phi) is 2.78. The minimum atomic E-state index is 0.408. The van der Waals surface area contributed by atoms with Crippen LogP contribution in [0.5, 0.6) is 0 Å². The van der Waals surface area contributed by atoms with Gasteiger partial charge in [0.15, 0.2) is 6.29 Å². The van der Waals surface area contributed by atoms with Crippen LogP contribution in [0.1, 0.15) is 16.1 Å². The van der Waals surface area contributed by atoms with Crippen LogP contribution in [0.15, 0.2) is 42.9 Å². The maximum Gasteiger partial charge on any atom is 0.171 e. The lowest BCUT2D eigenvalue weighted by Crippen LogP contribution is -2.12. The highest BCUT2D eigenvalue weighted by molar-refractivity contribution is 5.71. The van der Waals surface area contributed by atoms with Gasteiger partial charge in [-0.3, -0.25) is 4.79 Å². The lowest BCUT2D eigenvalue weighted by atomic mass is 10.2. The largest absolute Gasteiger partial charge is 0.407 e. The third kappa shape index (κ3) is 2.22. The van der Waals surface area contributed by atoms with Crippen molar-refractivity contribution in [2.24, 2.45) is 0 Å². The molecule has 0 aliphatic carbocycles. The van der Waals surface area contributed by atoms with Gasteiger partial charge in [0, 0.05) is 0 Å². The molecule has 76 valence electrons. The summed E-state index contributed by atoms with van der Waals surface area (Å²) in [5.41, 5.74) is 1.45. The standard InChI is InChI=1S/C11H10N2O2/c14-7-11-6-12-9-13(11)15-8-10-4-2-1-3-5-10/h1-7,9H,8H2. The molecule has 0 fully saturated rings. The van der Waals surface area contributed by atoms with Gasteiger partial charge in [-0.05, 0) is 5.56 Å². The van der Waals surface area contributed by atoms with E-state index < -0.39 is 0 Å². The second-order valence-corrected chi connectivity index (χ2v) is 3.02. The molecule has 1 aromatic heterocycles. The van der Waals surface area contributed by atoms with E-state index in [0.717, 1.165) is 5.56 Å². The Hall–Kier alpha value is -2.10. The molecule has 4 nitrogen and oxygen atoms in total. The lowest BCUT2D eigenvalue weighted by Gasteiger charge is -2.06. The molecule has 1 aromatic carbocycles. The molecule has 0 amide bonds. The SMILES string of the molecule is O=Cc1cncn1OCc1ccccc1. The van der Waals surface area contributed by atoms with Crippen LogP contribution in [-0.2, 0) is 6.61 Å². The van der Waals surface area contributed by atoms with Crippen LogP contribution < -0.4 is 4.84 Å². The monoisotopic (exact) mass is 202 g/mol. The average Bonchev–Trinajstić information content (AvgIpc) is 2.75. The van der Waals surface area contributed by atoms with Crippen LogP contribution in [0.4, 0.5) is 0 Å². The summed E-state index contributed by atoms with van der Waals surface area (Å²) in [6.07, 6.45) is 3.63. The molecule has 0 saturated heterocycles. The molecule has 1 heterocycles. The summed E-state index contributed by atoms with van der Waals surface area (Å²) in [5.74, 6) is 0. The number of nitrogens with zero attached hydrogens (tertiary/aromatic N) is 2. The average molecular weight is 202 g/mol. The third-order valence-corrected chi connectivity index (χ3v) is 1.97. The fraction of sp³-hybridized carbons (Fsp3) is 0.0909. The lowest BCUT2D eigenvalue weighted by molar-refractivity contribution is 0.0852. The number of aromatic nitrogens is 2. The first-order valence-corrected chi connectivity index (χ1v) is 4.55. The maximum absolute atomic E-state index is 10.6. The van der Waals surface area contributed by atoms with Gasteiger partial charge in [0.1, 0.15) is 18.6 Å². The van der Waals surface area contributed by atoms with Gasteiger partial charge >= 0.3 is 0 Å². The molecule has 2 rings (SSSR count). The molecule has 0 saturated carbocycles. The first-order chi connectivity index (χ1) is 7.40. The number of hydrogen-bond donors (Lipinski definition) is 0. The summed E-state index contributed by atoms with van der Waals surface area (Å²) < 4.78 is 1.36. The zero-order valence-corrected chi connectivity index (χ0v) is 8.04. The van der Waals surface area contributed by atoms with E-state index in [-0.39, 0.29) is 0 Å². The van der Waals surface area contributed by atoms with E-state index >= 15 is 0 Å². The molecule has 0 aliphatic heterocycles. The molecular formula is C11H10N2O2. The van der Waals surface area contributed by atoms with Crippen LogP contribution in [0.3, 0.4) is 0 Å². The normalized spacial score (nSPS) is 9.87. The summed E-state index contributed by atoms with van der Waals surface area (Å²) in [6, 6.07) is 9.73. The number of carbonyl (C=O) groups excluding carboxylic acids is 1. The number of benzene rings is 1. The van der Waals surface area contributed by atoms with Gasteiger partial charge in [-0.2, -0.15) is 4.73 Å². The molecule has 0 N–H and O–H groups in total. The number of carbonyl (C=O) groups is 1. The summed E-state index contributed by atoms with van der Waals surface area (Å²) in [7, 11) is 0. The van der Waals surface area contributed by atoms with Crippen LogP contribution in [0, 0.1) is 0 Å². The van der Waals surface area contributed by atoms with Crippen molar-refractivity contribution in [1.82, 2.24) is 9.71 Å². The molecule has 15 heavy (non-hydrogen) atoms. The summed E-state index contributed by atoms with van der Waals surface area (Å²) in [4.78, 5) is 19.7. The Morgan fingerprint density at radius 2 is 2.13 bits per heavy atom. The smallest absolute Gasteiger partial charge is 0.171 e. The van der Waals surface area contributed by atoms with Crippen LogP contribution in [0.2, 0.25) is 0 Å². The first kappa shape index (κ1) is 9.45. The Labute approximate surface area is 87.1 Å². The van der Waals surface area contributed by atoms with Crippen molar-refractivity contribution in [2.75, 3.05) is 0 Å². The molecule has 0 unspecified atom stereocenters. The highest BCUT2D eigenvalue weighted by atomic mass is 16.7. The molecule has 0 atom stereocenters. The Balaban J connectivity index is 2.02. The van der Waals surface area contributed by atoms with E-state index in [1.165, 1.54) is 17.3 Å². The van der Waals surface area contributed by atoms with Gasteiger partial charge in [-0.1, -0.05) is 30.3 Å². The van der Waals surface area contributed by atoms with Crippen molar-refractivity contribution in [2.45, 2.75) is 6.61 Å². The van der Waals surface area contributed by atoms with Gasteiger partial charge in [-0.15, -0.1) is 0 Å². The van der Waals surface area contributed by atoms with E-state index in [1.54, 1.807) is 0 Å². The van der Waals surface area contributed by atoms with Crippen molar-refractivity contribution in [3.8, 4) is 0 Å². The van der Waals surface area contributed by atoms with E-state index in [1.807, 2.05) is 30.3 Å². The summed E-state index contributed by atoms with van der Waals surface area (Å²) in [6.45, 7) is 0.415. The van der Waals surface area contributed by atoms with Crippen molar-refractivity contribution >= 4 is 6.29 Å². The zero-order valence-electron chi connectivity index (χ0n) is 8.04. The maximum atomic E-state index is 10.6. The fourth-order valence-electron chi connectivity index (χ4n) is 1.20. The summed E-state index contributed by atoms with van der Waals surface area (Å²) in [5, 5.41) is 0. The number of rotatable bonds is 4. The quantitative estimate of drug-likeness (QED) is 0.702. The van der Waals surface area contributed by atoms with E-state index in [2.05, 4.69) is 4.98 Å². The van der Waals surface area contributed by atoms with Gasteiger partial charge < -0.3 is 4.84 Å². The second-order valence-electron chi connectivity index (χ2n) is 3.02. The van der Waals surface area contributed by atoms with Crippen LogP contribution >= 0.6 is 0 Å². The molecule has 0 bridgehead atoms. The van der Waals surface area contributed by atoms with E-state index in [4.69, 9.17) is 4.84 Å². The van der Waals surface area contributed by atoms with Gasteiger partial charge in [0.25, 0.3) is 0 Å². The van der Waals surface area contributed by atoms with Gasteiger partial charge in [-0.25, -0.2) is 4.98 Å². The highest BCUT2D eigenvalue weighted by Gasteiger charge is 2.00. The molecule has 0 aliphatic rings. The van der Waals surface area contributed by atoms with Crippen LogP contribution in [0.25, 0.3) is 0 Å².